The van der Waals surface area contributed by atoms with Crippen molar-refractivity contribution in [2.24, 2.45) is 0 Å². The Morgan fingerprint density at radius 2 is 1.80 bits per heavy atom. The molecule has 1 unspecified atom stereocenters. The van der Waals surface area contributed by atoms with Crippen LogP contribution in [0, 0.1) is 0 Å². The van der Waals surface area contributed by atoms with E-state index in [1.807, 2.05) is 0 Å². The van der Waals surface area contributed by atoms with Gasteiger partial charge in [-0.25, -0.2) is 0 Å². The number of hydrogen-bond acceptors (Lipinski definition) is 3. The van der Waals surface area contributed by atoms with Gasteiger partial charge in [0.15, 0.2) is 14.1 Å². The Bertz CT molecular complexity index is 376. The molecule has 0 rings (SSSR count). The smallest absolute Gasteiger partial charge is 0.192 e. The summed E-state index contributed by atoms with van der Waals surface area (Å²) in [6.45, 7) is 20.0. The van der Waals surface area contributed by atoms with E-state index >= 15 is 0 Å². The van der Waals surface area contributed by atoms with Gasteiger partial charge in [-0.3, -0.25) is 4.79 Å². The number of carbonyl (C=O) groups excluding carboxylic acids is 1. The third kappa shape index (κ3) is 6.16. The fourth-order valence-corrected chi connectivity index (χ4v) is 2.39. The van der Waals surface area contributed by atoms with Crippen molar-refractivity contribution < 1.29 is 14.3 Å². The van der Waals surface area contributed by atoms with Gasteiger partial charge in [-0.05, 0) is 31.5 Å². The SMILES string of the molecule is C=CCC(C)(O)CC(=O)C(=C)CO[Si](C)(C)C(C)(C)C. The first kappa shape index (κ1) is 19.3. The van der Waals surface area contributed by atoms with Gasteiger partial charge in [-0.1, -0.05) is 33.4 Å². The molecule has 0 aromatic carbocycles. The average molecular weight is 298 g/mol. The van der Waals surface area contributed by atoms with Crippen LogP contribution in [0.15, 0.2) is 24.8 Å². The van der Waals surface area contributed by atoms with Gasteiger partial charge in [0.2, 0.25) is 0 Å². The first-order valence-corrected chi connectivity index (χ1v) is 9.91. The molecule has 20 heavy (non-hydrogen) atoms. The Balaban J connectivity index is 4.50. The first-order chi connectivity index (χ1) is 8.82. The summed E-state index contributed by atoms with van der Waals surface area (Å²) in [5.41, 5.74) is -0.627. The van der Waals surface area contributed by atoms with Gasteiger partial charge in [-0.2, -0.15) is 0 Å². The molecule has 0 aromatic rings. The summed E-state index contributed by atoms with van der Waals surface area (Å²) < 4.78 is 5.97. The van der Waals surface area contributed by atoms with Crippen LogP contribution in [0.5, 0.6) is 0 Å². The summed E-state index contributed by atoms with van der Waals surface area (Å²) in [6.07, 6.45) is 2.05. The molecule has 0 radical (unpaired) electrons. The zero-order valence-electron chi connectivity index (χ0n) is 13.9. The molecule has 0 saturated carbocycles. The van der Waals surface area contributed by atoms with Crippen molar-refractivity contribution in [1.29, 1.82) is 0 Å². The maximum atomic E-state index is 12.0. The van der Waals surface area contributed by atoms with E-state index in [9.17, 15) is 9.90 Å². The lowest BCUT2D eigenvalue weighted by molar-refractivity contribution is -0.120. The minimum absolute atomic E-state index is 0.0543. The predicted molar refractivity (Wildman–Crippen MR) is 87.4 cm³/mol. The largest absolute Gasteiger partial charge is 0.412 e. The minimum atomic E-state index is -1.88. The zero-order chi connectivity index (χ0) is 16.2. The summed E-state index contributed by atoms with van der Waals surface area (Å²) in [6, 6.07) is 0. The van der Waals surface area contributed by atoms with Crippen LogP contribution in [0.4, 0.5) is 0 Å². The maximum absolute atomic E-state index is 12.0. The molecule has 0 fully saturated rings. The van der Waals surface area contributed by atoms with E-state index in [2.05, 4.69) is 47.0 Å². The second kappa shape index (κ2) is 6.83. The Morgan fingerprint density at radius 1 is 1.30 bits per heavy atom. The molecule has 3 nitrogen and oxygen atoms in total. The van der Waals surface area contributed by atoms with Gasteiger partial charge in [-0.15, -0.1) is 6.58 Å². The van der Waals surface area contributed by atoms with E-state index in [1.165, 1.54) is 0 Å². The molecular formula is C16H30O3Si. The van der Waals surface area contributed by atoms with E-state index < -0.39 is 13.9 Å². The maximum Gasteiger partial charge on any atom is 0.192 e. The highest BCUT2D eigenvalue weighted by atomic mass is 28.4. The molecule has 0 amide bonds. The Kier molecular flexibility index (Phi) is 6.59. The summed E-state index contributed by atoms with van der Waals surface area (Å²) in [4.78, 5) is 12.0. The number of hydrogen-bond donors (Lipinski definition) is 1. The second-order valence-electron chi connectivity index (χ2n) is 7.24. The number of carbonyl (C=O) groups is 1. The van der Waals surface area contributed by atoms with E-state index in [-0.39, 0.29) is 23.8 Å². The Hall–Kier alpha value is -0.713. The van der Waals surface area contributed by atoms with Crippen LogP contribution in [-0.4, -0.2) is 31.4 Å². The molecule has 1 atom stereocenters. The molecule has 0 bridgehead atoms. The zero-order valence-corrected chi connectivity index (χ0v) is 14.9. The summed E-state index contributed by atoms with van der Waals surface area (Å²) >= 11 is 0. The van der Waals surface area contributed by atoms with Crippen LogP contribution in [0.25, 0.3) is 0 Å². The quantitative estimate of drug-likeness (QED) is 0.420. The molecule has 0 aliphatic rings. The van der Waals surface area contributed by atoms with Crippen molar-refractivity contribution in [2.75, 3.05) is 6.61 Å². The third-order valence-electron chi connectivity index (χ3n) is 3.93. The van der Waals surface area contributed by atoms with E-state index in [1.54, 1.807) is 13.0 Å². The van der Waals surface area contributed by atoms with Gasteiger partial charge >= 0.3 is 0 Å². The molecule has 116 valence electrons. The number of rotatable bonds is 8. The highest BCUT2D eigenvalue weighted by Gasteiger charge is 2.37. The summed E-state index contributed by atoms with van der Waals surface area (Å²) in [7, 11) is -1.88. The molecule has 0 spiro atoms. The molecule has 1 N–H and O–H groups in total. The van der Waals surface area contributed by atoms with Gasteiger partial charge in [0.05, 0.1) is 12.2 Å². The number of ketones is 1. The minimum Gasteiger partial charge on any atom is -0.412 e. The molecule has 0 saturated heterocycles. The van der Waals surface area contributed by atoms with Gasteiger partial charge in [0.1, 0.15) is 0 Å². The van der Waals surface area contributed by atoms with Gasteiger partial charge in [0.25, 0.3) is 0 Å². The molecule has 0 aliphatic carbocycles. The van der Waals surface area contributed by atoms with Crippen molar-refractivity contribution in [2.45, 2.75) is 64.3 Å². The number of Topliss-reactive ketones (excluding diaryl/α,β-unsaturated/α-hetero) is 1. The van der Waals surface area contributed by atoms with Crippen LogP contribution >= 0.6 is 0 Å². The lowest BCUT2D eigenvalue weighted by Crippen LogP contribution is -2.41. The van der Waals surface area contributed by atoms with Gasteiger partial charge in [0, 0.05) is 12.0 Å². The summed E-state index contributed by atoms with van der Waals surface area (Å²) in [5, 5.41) is 10.1. The molecule has 0 aromatic heterocycles. The van der Waals surface area contributed by atoms with Crippen LogP contribution in [0.3, 0.4) is 0 Å². The number of aliphatic hydroxyl groups is 1. The molecular weight excluding hydrogens is 268 g/mol. The molecule has 0 heterocycles. The Labute approximate surface area is 124 Å². The first-order valence-electron chi connectivity index (χ1n) is 7.00. The second-order valence-corrected chi connectivity index (χ2v) is 12.1. The topological polar surface area (TPSA) is 46.5 Å². The lowest BCUT2D eigenvalue weighted by atomic mass is 9.93. The normalized spacial score (nSPS) is 15.6. The van der Waals surface area contributed by atoms with E-state index in [0.29, 0.717) is 12.0 Å². The molecule has 0 aliphatic heterocycles. The van der Waals surface area contributed by atoms with Crippen LogP contribution in [0.1, 0.15) is 40.5 Å². The van der Waals surface area contributed by atoms with Gasteiger partial charge < -0.3 is 9.53 Å². The highest BCUT2D eigenvalue weighted by molar-refractivity contribution is 6.74. The fourth-order valence-electron chi connectivity index (χ4n) is 1.42. The standard InChI is InChI=1S/C16H30O3Si/c1-9-10-16(6,18)11-14(17)13(2)12-19-20(7,8)15(3,4)5/h9,18H,1-2,10-12H2,3-8H3. The van der Waals surface area contributed by atoms with E-state index in [4.69, 9.17) is 4.43 Å². The van der Waals surface area contributed by atoms with Crippen molar-refractivity contribution in [1.82, 2.24) is 0 Å². The highest BCUT2D eigenvalue weighted by Crippen LogP contribution is 2.36. The van der Waals surface area contributed by atoms with Crippen LogP contribution in [-0.2, 0) is 9.22 Å². The predicted octanol–water partition coefficient (Wildman–Crippen LogP) is 3.85. The monoisotopic (exact) mass is 298 g/mol. The van der Waals surface area contributed by atoms with Crippen molar-refractivity contribution in [3.05, 3.63) is 24.8 Å². The summed E-state index contributed by atoms with van der Waals surface area (Å²) in [5.74, 6) is -0.143. The van der Waals surface area contributed by atoms with E-state index in [0.717, 1.165) is 0 Å². The van der Waals surface area contributed by atoms with Crippen LogP contribution < -0.4 is 0 Å². The van der Waals surface area contributed by atoms with Crippen LogP contribution in [0.2, 0.25) is 18.1 Å². The van der Waals surface area contributed by atoms with Crippen molar-refractivity contribution in [3.8, 4) is 0 Å². The molecule has 4 heteroatoms. The van der Waals surface area contributed by atoms with Crippen molar-refractivity contribution >= 4 is 14.1 Å². The average Bonchev–Trinajstić information content (AvgIpc) is 2.23. The lowest BCUT2D eigenvalue weighted by Gasteiger charge is -2.36. The Morgan fingerprint density at radius 3 is 2.20 bits per heavy atom. The fraction of sp³-hybridized carbons (Fsp3) is 0.688. The van der Waals surface area contributed by atoms with Crippen molar-refractivity contribution in [3.63, 3.8) is 0 Å². The third-order valence-corrected chi connectivity index (χ3v) is 8.41.